The van der Waals surface area contributed by atoms with Gasteiger partial charge >= 0.3 is 0 Å². The third kappa shape index (κ3) is 1.97. The monoisotopic (exact) mass is 238 g/mol. The van der Waals surface area contributed by atoms with Crippen LogP contribution in [-0.4, -0.2) is 31.6 Å². The predicted octanol–water partition coefficient (Wildman–Crippen LogP) is 2.18. The highest BCUT2D eigenvalue weighted by atomic mass is 35.5. The summed E-state index contributed by atoms with van der Waals surface area (Å²) in [6, 6.07) is 6.35. The Hall–Kier alpha value is -0.570. The molecule has 1 aliphatic rings. The largest absolute Gasteiger partial charge is 0.330 e. The fourth-order valence-corrected chi connectivity index (χ4v) is 2.70. The molecule has 1 aromatic rings. The van der Waals surface area contributed by atoms with E-state index >= 15 is 0 Å². The van der Waals surface area contributed by atoms with Crippen LogP contribution in [0.1, 0.15) is 17.5 Å². The van der Waals surface area contributed by atoms with Crippen LogP contribution in [0, 0.1) is 6.92 Å². The van der Waals surface area contributed by atoms with Crippen molar-refractivity contribution >= 4 is 11.6 Å². The molecule has 1 aliphatic heterocycles. The van der Waals surface area contributed by atoms with Gasteiger partial charge in [-0.1, -0.05) is 23.7 Å². The van der Waals surface area contributed by atoms with Crippen molar-refractivity contribution in [3.05, 3.63) is 34.3 Å². The van der Waals surface area contributed by atoms with Crippen LogP contribution in [0.3, 0.4) is 0 Å². The van der Waals surface area contributed by atoms with Gasteiger partial charge in [0.15, 0.2) is 0 Å². The molecular formula is C13H19ClN2. The Kier molecular flexibility index (Phi) is 3.24. The topological polar surface area (TPSA) is 29.3 Å². The second-order valence-electron chi connectivity index (χ2n) is 4.94. The van der Waals surface area contributed by atoms with Gasteiger partial charge in [0.25, 0.3) is 0 Å². The van der Waals surface area contributed by atoms with Gasteiger partial charge in [0, 0.05) is 23.5 Å². The Balaban J connectivity index is 2.37. The molecule has 2 nitrogen and oxygen atoms in total. The van der Waals surface area contributed by atoms with Crippen LogP contribution in [0.4, 0.5) is 0 Å². The normalized spacial score (nSPS) is 26.2. The highest BCUT2D eigenvalue weighted by Crippen LogP contribution is 2.34. The van der Waals surface area contributed by atoms with Crippen molar-refractivity contribution in [1.82, 2.24) is 4.90 Å². The van der Waals surface area contributed by atoms with Gasteiger partial charge < -0.3 is 10.6 Å². The predicted molar refractivity (Wildman–Crippen MR) is 69.0 cm³/mol. The number of hydrogen-bond donors (Lipinski definition) is 1. The molecule has 1 heterocycles. The third-order valence-electron chi connectivity index (χ3n) is 3.72. The number of benzene rings is 1. The van der Waals surface area contributed by atoms with Crippen LogP contribution >= 0.6 is 11.6 Å². The molecule has 1 aromatic carbocycles. The number of nitrogens with zero attached hydrogens (tertiary/aromatic N) is 1. The number of hydrogen-bond acceptors (Lipinski definition) is 2. The summed E-state index contributed by atoms with van der Waals surface area (Å²) in [4.78, 5) is 2.33. The van der Waals surface area contributed by atoms with Gasteiger partial charge in [-0.15, -0.1) is 0 Å². The molecule has 0 bridgehead atoms. The second kappa shape index (κ2) is 4.36. The number of rotatable bonds is 2. The van der Waals surface area contributed by atoms with E-state index in [0.29, 0.717) is 6.54 Å². The Bertz CT molecular complexity index is 392. The summed E-state index contributed by atoms with van der Waals surface area (Å²) >= 11 is 6.19. The van der Waals surface area contributed by atoms with Gasteiger partial charge in [0.2, 0.25) is 0 Å². The van der Waals surface area contributed by atoms with Crippen molar-refractivity contribution in [1.29, 1.82) is 0 Å². The number of aryl methyl sites for hydroxylation is 1. The minimum Gasteiger partial charge on any atom is -0.330 e. The maximum absolute atomic E-state index is 6.19. The first kappa shape index (κ1) is 11.9. The van der Waals surface area contributed by atoms with E-state index in [9.17, 15) is 0 Å². The lowest BCUT2D eigenvalue weighted by Gasteiger charge is -2.28. The Morgan fingerprint density at radius 2 is 2.25 bits per heavy atom. The molecule has 88 valence electrons. The lowest BCUT2D eigenvalue weighted by molar-refractivity contribution is 0.371. The average Bonchev–Trinajstić information content (AvgIpc) is 2.65. The van der Waals surface area contributed by atoms with E-state index in [2.05, 4.69) is 30.1 Å². The molecular weight excluding hydrogens is 220 g/mol. The molecule has 1 fully saturated rings. The highest BCUT2D eigenvalue weighted by Gasteiger charge is 2.37. The summed E-state index contributed by atoms with van der Waals surface area (Å²) in [7, 11) is 2.15. The van der Waals surface area contributed by atoms with Gasteiger partial charge in [-0.3, -0.25) is 0 Å². The van der Waals surface area contributed by atoms with E-state index in [4.69, 9.17) is 17.3 Å². The van der Waals surface area contributed by atoms with Crippen LogP contribution < -0.4 is 5.73 Å². The second-order valence-corrected chi connectivity index (χ2v) is 5.34. The maximum atomic E-state index is 6.19. The van der Waals surface area contributed by atoms with Crippen LogP contribution in [0.15, 0.2) is 18.2 Å². The zero-order chi connectivity index (χ0) is 11.8. The summed E-state index contributed by atoms with van der Waals surface area (Å²) in [5.74, 6) is 0. The molecule has 1 atom stereocenters. The number of nitrogens with two attached hydrogens (primary N) is 1. The Morgan fingerprint density at radius 3 is 2.75 bits per heavy atom. The van der Waals surface area contributed by atoms with E-state index in [1.165, 1.54) is 5.56 Å². The first-order chi connectivity index (χ1) is 7.57. The highest BCUT2D eigenvalue weighted by molar-refractivity contribution is 6.31. The lowest BCUT2D eigenvalue weighted by Crippen LogP contribution is -2.37. The van der Waals surface area contributed by atoms with E-state index < -0.39 is 0 Å². The molecule has 16 heavy (non-hydrogen) atoms. The van der Waals surface area contributed by atoms with Gasteiger partial charge in [0.05, 0.1) is 0 Å². The molecule has 3 heteroatoms. The summed E-state index contributed by atoms with van der Waals surface area (Å²) in [5, 5.41) is 0.847. The average molecular weight is 239 g/mol. The fourth-order valence-electron chi connectivity index (χ4n) is 2.52. The zero-order valence-electron chi connectivity index (χ0n) is 9.96. The van der Waals surface area contributed by atoms with Gasteiger partial charge in [0.1, 0.15) is 0 Å². The van der Waals surface area contributed by atoms with Crippen LogP contribution in [-0.2, 0) is 5.41 Å². The van der Waals surface area contributed by atoms with Crippen LogP contribution in [0.25, 0.3) is 0 Å². The van der Waals surface area contributed by atoms with Gasteiger partial charge in [-0.05, 0) is 44.1 Å². The molecule has 2 N–H and O–H groups in total. The standard InChI is InChI=1S/C13H19ClN2/c1-10-3-4-11(7-12(10)14)13(8-15)5-6-16(2)9-13/h3-4,7H,5-6,8-9,15H2,1-2H3. The van der Waals surface area contributed by atoms with Crippen LogP contribution in [0.5, 0.6) is 0 Å². The summed E-state index contributed by atoms with van der Waals surface area (Å²) < 4.78 is 0. The van der Waals surface area contributed by atoms with Crippen molar-refractivity contribution in [2.45, 2.75) is 18.8 Å². The van der Waals surface area contributed by atoms with Crippen LogP contribution in [0.2, 0.25) is 5.02 Å². The molecule has 1 saturated heterocycles. The molecule has 1 unspecified atom stereocenters. The van der Waals surface area contributed by atoms with Gasteiger partial charge in [-0.25, -0.2) is 0 Å². The number of halogens is 1. The summed E-state index contributed by atoms with van der Waals surface area (Å²) in [5.41, 5.74) is 8.50. The van der Waals surface area contributed by atoms with E-state index in [0.717, 1.165) is 30.1 Å². The maximum Gasteiger partial charge on any atom is 0.0438 e. The van der Waals surface area contributed by atoms with Crippen molar-refractivity contribution in [3.8, 4) is 0 Å². The summed E-state index contributed by atoms with van der Waals surface area (Å²) in [6.07, 6.45) is 1.12. The summed E-state index contributed by atoms with van der Waals surface area (Å²) in [6.45, 7) is 4.87. The fraction of sp³-hybridized carbons (Fsp3) is 0.538. The smallest absolute Gasteiger partial charge is 0.0438 e. The van der Waals surface area contributed by atoms with Crippen molar-refractivity contribution in [2.75, 3.05) is 26.7 Å². The third-order valence-corrected chi connectivity index (χ3v) is 4.13. The van der Waals surface area contributed by atoms with Crippen molar-refractivity contribution in [3.63, 3.8) is 0 Å². The molecule has 0 saturated carbocycles. The van der Waals surface area contributed by atoms with Crippen molar-refractivity contribution in [2.24, 2.45) is 5.73 Å². The molecule has 2 rings (SSSR count). The number of likely N-dealkylation sites (tertiary alicyclic amines) is 1. The first-order valence-corrected chi connectivity index (χ1v) is 6.10. The lowest BCUT2D eigenvalue weighted by atomic mass is 9.79. The molecule has 0 spiro atoms. The SMILES string of the molecule is Cc1ccc(C2(CN)CCN(C)C2)cc1Cl. The Morgan fingerprint density at radius 1 is 1.50 bits per heavy atom. The minimum atomic E-state index is 0.103. The minimum absolute atomic E-state index is 0.103. The van der Waals surface area contributed by atoms with E-state index in [1.807, 2.05) is 6.92 Å². The molecule has 0 aliphatic carbocycles. The molecule has 0 amide bonds. The Labute approximate surface area is 102 Å². The van der Waals surface area contributed by atoms with Crippen molar-refractivity contribution < 1.29 is 0 Å². The zero-order valence-corrected chi connectivity index (χ0v) is 10.7. The molecule has 0 radical (unpaired) electrons. The first-order valence-electron chi connectivity index (χ1n) is 5.73. The van der Waals surface area contributed by atoms with E-state index in [-0.39, 0.29) is 5.41 Å². The quantitative estimate of drug-likeness (QED) is 0.856. The van der Waals surface area contributed by atoms with Gasteiger partial charge in [-0.2, -0.15) is 0 Å². The molecule has 0 aromatic heterocycles. The van der Waals surface area contributed by atoms with E-state index in [1.54, 1.807) is 0 Å². The number of likely N-dealkylation sites (N-methyl/N-ethyl adjacent to an activating group) is 1.